The van der Waals surface area contributed by atoms with E-state index in [1.54, 1.807) is 0 Å². The lowest BCUT2D eigenvalue weighted by Gasteiger charge is -1.98. The summed E-state index contributed by atoms with van der Waals surface area (Å²) < 4.78 is 0. The zero-order valence-corrected chi connectivity index (χ0v) is 7.56. The molecule has 3 heteroatoms. The molecule has 0 aromatic rings. The Labute approximate surface area is 72.5 Å². The van der Waals surface area contributed by atoms with Crippen LogP contribution in [0, 0.1) is 0 Å². The summed E-state index contributed by atoms with van der Waals surface area (Å²) in [4.78, 5) is 0. The predicted molar refractivity (Wildman–Crippen MR) is 46.9 cm³/mol. The molecule has 0 radical (unpaired) electrons. The molecule has 0 spiro atoms. The third-order valence-corrected chi connectivity index (χ3v) is 1.85. The van der Waals surface area contributed by atoms with Crippen molar-refractivity contribution in [1.82, 2.24) is 0 Å². The largest absolute Gasteiger partial charge is 0.480 e. The summed E-state index contributed by atoms with van der Waals surface area (Å²) in [5.41, 5.74) is 0. The molecule has 0 unspecified atom stereocenters. The first-order chi connectivity index (χ1) is 5.18. The lowest BCUT2D eigenvalue weighted by molar-refractivity contribution is 0.187. The Morgan fingerprint density at radius 3 is 2.27 bits per heavy atom. The van der Waals surface area contributed by atoms with E-state index in [9.17, 15) is 0 Å². The standard InChI is InChI=1S/C8H15ClO2/c1-2-3-4-5-6-7(9)8(10)11/h10-11H,2-6H2,1H3. The van der Waals surface area contributed by atoms with Crippen molar-refractivity contribution in [3.8, 4) is 0 Å². The topological polar surface area (TPSA) is 40.5 Å². The molecule has 0 amide bonds. The highest BCUT2D eigenvalue weighted by molar-refractivity contribution is 6.29. The van der Waals surface area contributed by atoms with E-state index in [0.29, 0.717) is 6.42 Å². The predicted octanol–water partition coefficient (Wildman–Crippen LogP) is 3.48. The second kappa shape index (κ2) is 6.35. The van der Waals surface area contributed by atoms with Crippen LogP contribution in [0.3, 0.4) is 0 Å². The zero-order valence-electron chi connectivity index (χ0n) is 6.81. The van der Waals surface area contributed by atoms with E-state index in [-0.39, 0.29) is 5.03 Å². The van der Waals surface area contributed by atoms with Crippen molar-refractivity contribution < 1.29 is 10.2 Å². The molecule has 0 fully saturated rings. The minimum absolute atomic E-state index is 0.168. The number of allylic oxidation sites excluding steroid dienone is 1. The Balaban J connectivity index is 3.32. The molecular weight excluding hydrogens is 164 g/mol. The smallest absolute Gasteiger partial charge is 0.289 e. The van der Waals surface area contributed by atoms with Gasteiger partial charge in [0.2, 0.25) is 0 Å². The van der Waals surface area contributed by atoms with Gasteiger partial charge < -0.3 is 10.2 Å². The first-order valence-corrected chi connectivity index (χ1v) is 4.32. The van der Waals surface area contributed by atoms with Crippen LogP contribution in [-0.2, 0) is 0 Å². The van der Waals surface area contributed by atoms with Gasteiger partial charge in [-0.25, -0.2) is 0 Å². The molecule has 0 aliphatic rings. The Morgan fingerprint density at radius 2 is 1.82 bits per heavy atom. The Bertz CT molecular complexity index is 128. The highest BCUT2D eigenvalue weighted by atomic mass is 35.5. The van der Waals surface area contributed by atoms with Crippen LogP contribution in [0.4, 0.5) is 0 Å². The van der Waals surface area contributed by atoms with Crippen LogP contribution in [-0.4, -0.2) is 10.2 Å². The highest BCUT2D eigenvalue weighted by Crippen LogP contribution is 2.15. The molecular formula is C8H15ClO2. The molecule has 11 heavy (non-hydrogen) atoms. The molecule has 0 heterocycles. The summed E-state index contributed by atoms with van der Waals surface area (Å²) in [6, 6.07) is 0. The van der Waals surface area contributed by atoms with Crippen LogP contribution in [0.2, 0.25) is 0 Å². The maximum Gasteiger partial charge on any atom is 0.289 e. The first kappa shape index (κ1) is 10.6. The van der Waals surface area contributed by atoms with E-state index >= 15 is 0 Å². The molecule has 2 N–H and O–H groups in total. The van der Waals surface area contributed by atoms with Crippen molar-refractivity contribution in [3.05, 3.63) is 11.0 Å². The van der Waals surface area contributed by atoms with Crippen LogP contribution < -0.4 is 0 Å². The van der Waals surface area contributed by atoms with Gasteiger partial charge in [0.05, 0.1) is 5.03 Å². The number of rotatable bonds is 5. The number of aliphatic hydroxyl groups is 2. The van der Waals surface area contributed by atoms with Crippen molar-refractivity contribution in [1.29, 1.82) is 0 Å². The van der Waals surface area contributed by atoms with Gasteiger partial charge >= 0.3 is 0 Å². The van der Waals surface area contributed by atoms with Gasteiger partial charge in [0.1, 0.15) is 0 Å². The van der Waals surface area contributed by atoms with E-state index in [2.05, 4.69) is 6.92 Å². The summed E-state index contributed by atoms with van der Waals surface area (Å²) in [6.07, 6.45) is 4.95. The van der Waals surface area contributed by atoms with Gasteiger partial charge in [-0.2, -0.15) is 0 Å². The molecule has 0 aromatic carbocycles. The second-order valence-corrected chi connectivity index (χ2v) is 3.00. The summed E-state index contributed by atoms with van der Waals surface area (Å²) in [7, 11) is 0. The van der Waals surface area contributed by atoms with E-state index in [0.717, 1.165) is 12.8 Å². The monoisotopic (exact) mass is 178 g/mol. The van der Waals surface area contributed by atoms with E-state index in [4.69, 9.17) is 21.8 Å². The summed E-state index contributed by atoms with van der Waals surface area (Å²) in [5.74, 6) is -0.733. The molecule has 0 rings (SSSR count). The Morgan fingerprint density at radius 1 is 1.18 bits per heavy atom. The molecule has 0 aliphatic carbocycles. The van der Waals surface area contributed by atoms with Crippen LogP contribution in [0.15, 0.2) is 11.0 Å². The normalized spacial score (nSPS) is 9.64. The van der Waals surface area contributed by atoms with Gasteiger partial charge in [0.25, 0.3) is 5.95 Å². The quantitative estimate of drug-likeness (QED) is 0.500. The van der Waals surface area contributed by atoms with Gasteiger partial charge in [-0.1, -0.05) is 37.8 Å². The Hall–Kier alpha value is -0.370. The van der Waals surface area contributed by atoms with Crippen LogP contribution in [0.5, 0.6) is 0 Å². The summed E-state index contributed by atoms with van der Waals surface area (Å²) >= 11 is 5.47. The average Bonchev–Trinajstić information content (AvgIpc) is 1.97. The van der Waals surface area contributed by atoms with Gasteiger partial charge in [-0.15, -0.1) is 0 Å². The molecule has 0 atom stereocenters. The highest BCUT2D eigenvalue weighted by Gasteiger charge is 1.99. The molecule has 0 bridgehead atoms. The number of unbranched alkanes of at least 4 members (excludes halogenated alkanes) is 3. The maximum absolute atomic E-state index is 8.48. The molecule has 0 saturated heterocycles. The average molecular weight is 179 g/mol. The summed E-state index contributed by atoms with van der Waals surface area (Å²) in [6.45, 7) is 2.13. The summed E-state index contributed by atoms with van der Waals surface area (Å²) in [5, 5.41) is 17.1. The second-order valence-electron chi connectivity index (χ2n) is 2.54. The third kappa shape index (κ3) is 6.05. The maximum atomic E-state index is 8.48. The number of hydrogen-bond acceptors (Lipinski definition) is 2. The molecule has 66 valence electrons. The van der Waals surface area contributed by atoms with E-state index < -0.39 is 5.95 Å². The number of halogens is 1. The van der Waals surface area contributed by atoms with E-state index in [1.165, 1.54) is 12.8 Å². The number of hydrogen-bond donors (Lipinski definition) is 2. The van der Waals surface area contributed by atoms with Gasteiger partial charge in [-0.05, 0) is 12.8 Å². The first-order valence-electron chi connectivity index (χ1n) is 3.95. The SMILES string of the molecule is CCCCCCC(Cl)=C(O)O. The molecule has 0 saturated carbocycles. The number of aliphatic hydroxyl groups excluding tert-OH is 1. The zero-order chi connectivity index (χ0) is 8.69. The van der Waals surface area contributed by atoms with Crippen molar-refractivity contribution in [3.63, 3.8) is 0 Å². The van der Waals surface area contributed by atoms with Crippen LogP contribution in [0.25, 0.3) is 0 Å². The van der Waals surface area contributed by atoms with E-state index in [1.807, 2.05) is 0 Å². The van der Waals surface area contributed by atoms with Gasteiger partial charge in [0.15, 0.2) is 0 Å². The molecule has 0 aromatic heterocycles. The lowest BCUT2D eigenvalue weighted by Crippen LogP contribution is -1.84. The van der Waals surface area contributed by atoms with Crippen molar-refractivity contribution >= 4 is 11.6 Å². The minimum atomic E-state index is -0.733. The van der Waals surface area contributed by atoms with Crippen LogP contribution in [0.1, 0.15) is 39.0 Å². The Kier molecular flexibility index (Phi) is 6.13. The fraction of sp³-hybridized carbons (Fsp3) is 0.750. The molecule has 2 nitrogen and oxygen atoms in total. The van der Waals surface area contributed by atoms with Gasteiger partial charge in [0, 0.05) is 0 Å². The fourth-order valence-corrected chi connectivity index (χ4v) is 0.952. The van der Waals surface area contributed by atoms with Crippen LogP contribution >= 0.6 is 11.6 Å². The fourth-order valence-electron chi connectivity index (χ4n) is 0.819. The van der Waals surface area contributed by atoms with Crippen molar-refractivity contribution in [2.75, 3.05) is 0 Å². The lowest BCUT2D eigenvalue weighted by atomic mass is 10.1. The molecule has 0 aliphatic heterocycles. The third-order valence-electron chi connectivity index (χ3n) is 1.49. The van der Waals surface area contributed by atoms with Crippen molar-refractivity contribution in [2.45, 2.75) is 39.0 Å². The van der Waals surface area contributed by atoms with Crippen molar-refractivity contribution in [2.24, 2.45) is 0 Å². The van der Waals surface area contributed by atoms with Gasteiger partial charge in [-0.3, -0.25) is 0 Å². The minimum Gasteiger partial charge on any atom is -0.480 e.